The van der Waals surface area contributed by atoms with Crippen molar-refractivity contribution < 1.29 is 14.9 Å². The molecule has 1 fully saturated rings. The highest BCUT2D eigenvalue weighted by molar-refractivity contribution is 6.31. The third kappa shape index (κ3) is 4.72. The summed E-state index contributed by atoms with van der Waals surface area (Å²) >= 11 is 6.27. The summed E-state index contributed by atoms with van der Waals surface area (Å²) in [7, 11) is 0. The van der Waals surface area contributed by atoms with Crippen molar-refractivity contribution in [1.29, 1.82) is 0 Å². The van der Waals surface area contributed by atoms with Crippen molar-refractivity contribution in [3.05, 3.63) is 34.3 Å². The second-order valence-electron chi connectivity index (χ2n) is 7.62. The fourth-order valence-electron chi connectivity index (χ4n) is 4.15. The second kappa shape index (κ2) is 9.33. The zero-order valence-corrected chi connectivity index (χ0v) is 17.0. The molecule has 3 rings (SSSR count). The first kappa shape index (κ1) is 21.2. The van der Waals surface area contributed by atoms with Gasteiger partial charge in [0.15, 0.2) is 0 Å². The van der Waals surface area contributed by atoms with E-state index in [0.717, 1.165) is 37.4 Å². The minimum Gasteiger partial charge on any atom is -0.394 e. The molecule has 2 aliphatic heterocycles. The molecular formula is C20H29ClN4O3. The van der Waals surface area contributed by atoms with Gasteiger partial charge in [0.05, 0.1) is 37.2 Å². The number of hydrogen-bond donors (Lipinski definition) is 3. The summed E-state index contributed by atoms with van der Waals surface area (Å²) in [4.78, 5) is 6.43. The third-order valence-electron chi connectivity index (χ3n) is 5.66. The Hall–Kier alpha value is -1.51. The van der Waals surface area contributed by atoms with Gasteiger partial charge in [-0.05, 0) is 49.4 Å². The number of ether oxygens (including phenoxy) is 1. The smallest absolute Gasteiger partial charge is 0.0965 e. The average Bonchev–Trinajstić information content (AvgIpc) is 2.69. The van der Waals surface area contributed by atoms with E-state index in [2.05, 4.69) is 34.1 Å². The third-order valence-corrected chi connectivity index (χ3v) is 5.90. The minimum atomic E-state index is -0.862. The van der Waals surface area contributed by atoms with E-state index >= 15 is 0 Å². The summed E-state index contributed by atoms with van der Waals surface area (Å²) in [5, 5.41) is 22.8. The number of halogens is 1. The first-order chi connectivity index (χ1) is 13.5. The Bertz CT molecular complexity index is 742. The highest BCUT2D eigenvalue weighted by Gasteiger charge is 2.43. The van der Waals surface area contributed by atoms with Gasteiger partial charge in [-0.3, -0.25) is 9.89 Å². The number of likely N-dealkylation sites (tertiary alicyclic amines) is 1. The van der Waals surface area contributed by atoms with Gasteiger partial charge < -0.3 is 20.8 Å². The van der Waals surface area contributed by atoms with Crippen molar-refractivity contribution in [1.82, 2.24) is 4.90 Å². The lowest BCUT2D eigenvalue weighted by molar-refractivity contribution is -0.109. The number of hydrogen-bond acceptors (Lipinski definition) is 7. The molecule has 0 radical (unpaired) electrons. The predicted molar refractivity (Wildman–Crippen MR) is 111 cm³/mol. The lowest BCUT2D eigenvalue weighted by atomic mass is 9.77. The highest BCUT2D eigenvalue weighted by Crippen LogP contribution is 2.44. The van der Waals surface area contributed by atoms with Crippen LogP contribution in [0.25, 0.3) is 0 Å². The number of nitrogens with two attached hydrogens (primary N) is 1. The van der Waals surface area contributed by atoms with Crippen molar-refractivity contribution in [3.8, 4) is 0 Å². The molecule has 2 unspecified atom stereocenters. The van der Waals surface area contributed by atoms with Gasteiger partial charge in [0.2, 0.25) is 0 Å². The molecule has 0 amide bonds. The van der Waals surface area contributed by atoms with Crippen LogP contribution in [0.4, 0.5) is 0 Å². The number of aliphatic imine (C=N–C) groups is 1. The van der Waals surface area contributed by atoms with Crippen molar-refractivity contribution in [2.75, 3.05) is 32.8 Å². The molecule has 1 spiro atoms. The molecule has 1 aromatic carbocycles. The zero-order chi connectivity index (χ0) is 20.1. The summed E-state index contributed by atoms with van der Waals surface area (Å²) in [5.41, 5.74) is 2.91. The van der Waals surface area contributed by atoms with Gasteiger partial charge in [0.25, 0.3) is 0 Å². The predicted octanol–water partition coefficient (Wildman–Crippen LogP) is 1.33. The van der Waals surface area contributed by atoms with Crippen molar-refractivity contribution >= 4 is 23.5 Å². The topological polar surface area (TPSA) is 104 Å². The minimum absolute atomic E-state index is 0.125. The van der Waals surface area contributed by atoms with Gasteiger partial charge in [0, 0.05) is 30.4 Å². The first-order valence-corrected chi connectivity index (χ1v) is 10.1. The van der Waals surface area contributed by atoms with Crippen LogP contribution in [0.5, 0.6) is 0 Å². The van der Waals surface area contributed by atoms with E-state index in [0.29, 0.717) is 12.3 Å². The van der Waals surface area contributed by atoms with Crippen LogP contribution in [0.2, 0.25) is 5.02 Å². The lowest BCUT2D eigenvalue weighted by Gasteiger charge is -2.48. The number of hydrazone groups is 1. The number of fused-ring (bicyclic) bond motifs is 2. The van der Waals surface area contributed by atoms with Crippen LogP contribution in [0, 0.1) is 0 Å². The Morgan fingerprint density at radius 3 is 3.07 bits per heavy atom. The largest absolute Gasteiger partial charge is 0.394 e. The van der Waals surface area contributed by atoms with Crippen LogP contribution in [-0.2, 0) is 16.8 Å². The number of nitrogens with zero attached hydrogens (tertiary/aromatic N) is 3. The van der Waals surface area contributed by atoms with Crippen molar-refractivity contribution in [3.63, 3.8) is 0 Å². The molecule has 1 aromatic rings. The van der Waals surface area contributed by atoms with E-state index in [1.807, 2.05) is 6.07 Å². The normalized spacial score (nSPS) is 27.3. The molecule has 0 aliphatic carbocycles. The SMILES string of the molecule is C[C@H]1CC2(CCN1C/C(C=NCC(O)CO)=N/N)OCCc1ccc(Cl)cc12. The fourth-order valence-corrected chi connectivity index (χ4v) is 4.32. The molecule has 4 N–H and O–H groups in total. The Kier molecular flexibility index (Phi) is 7.06. The van der Waals surface area contributed by atoms with Gasteiger partial charge >= 0.3 is 0 Å². The maximum Gasteiger partial charge on any atom is 0.0965 e. The standard InChI is InChI=1S/C20H29ClN4O3/c1-14-9-20(19-8-16(21)3-2-15(19)4-7-28-20)5-6-25(14)12-17(24-22)10-23-11-18(27)13-26/h2-3,8,10,14,18,26-27H,4-7,9,11-13,22H2,1H3/b23-10?,24-17+/t14-,18?,20?/m0/s1. The summed E-state index contributed by atoms with van der Waals surface area (Å²) < 4.78 is 6.32. The maximum absolute atomic E-state index is 9.38. The monoisotopic (exact) mass is 408 g/mol. The van der Waals surface area contributed by atoms with Gasteiger partial charge in [-0.1, -0.05) is 17.7 Å². The Morgan fingerprint density at radius 2 is 2.36 bits per heavy atom. The summed E-state index contributed by atoms with van der Waals surface area (Å²) in [6.07, 6.45) is 3.38. The van der Waals surface area contributed by atoms with Crippen LogP contribution in [-0.4, -0.2) is 72.0 Å². The average molecular weight is 409 g/mol. The van der Waals surface area contributed by atoms with E-state index < -0.39 is 6.10 Å². The van der Waals surface area contributed by atoms with Gasteiger partial charge in [-0.25, -0.2) is 0 Å². The summed E-state index contributed by atoms with van der Waals surface area (Å²) in [6, 6.07) is 6.40. The lowest BCUT2D eigenvalue weighted by Crippen LogP contribution is -2.52. The molecule has 8 heteroatoms. The maximum atomic E-state index is 9.38. The molecule has 0 aromatic heterocycles. The van der Waals surface area contributed by atoms with E-state index in [1.165, 1.54) is 11.1 Å². The molecule has 0 bridgehead atoms. The van der Waals surface area contributed by atoms with E-state index in [1.54, 1.807) is 6.21 Å². The zero-order valence-electron chi connectivity index (χ0n) is 16.2. The number of benzene rings is 1. The number of aliphatic hydroxyl groups is 2. The number of aliphatic hydroxyl groups excluding tert-OH is 2. The van der Waals surface area contributed by atoms with Crippen LogP contribution in [0.15, 0.2) is 28.3 Å². The molecule has 154 valence electrons. The molecule has 0 saturated carbocycles. The fraction of sp³-hybridized carbons (Fsp3) is 0.600. The van der Waals surface area contributed by atoms with Crippen molar-refractivity contribution in [2.45, 2.75) is 43.9 Å². The van der Waals surface area contributed by atoms with Gasteiger partial charge in [0.1, 0.15) is 0 Å². The molecule has 1 saturated heterocycles. The Morgan fingerprint density at radius 1 is 1.54 bits per heavy atom. The van der Waals surface area contributed by atoms with Crippen LogP contribution in [0.3, 0.4) is 0 Å². The quantitative estimate of drug-likeness (QED) is 0.374. The van der Waals surface area contributed by atoms with E-state index in [9.17, 15) is 5.11 Å². The van der Waals surface area contributed by atoms with Gasteiger partial charge in [-0.2, -0.15) is 5.10 Å². The molecule has 3 atom stereocenters. The molecule has 2 aliphatic rings. The highest BCUT2D eigenvalue weighted by atomic mass is 35.5. The molecular weight excluding hydrogens is 380 g/mol. The molecule has 28 heavy (non-hydrogen) atoms. The van der Waals surface area contributed by atoms with E-state index in [4.69, 9.17) is 27.3 Å². The number of piperidine rings is 1. The first-order valence-electron chi connectivity index (χ1n) is 9.70. The Labute approximate surface area is 170 Å². The van der Waals surface area contributed by atoms with Crippen LogP contribution < -0.4 is 5.84 Å². The number of rotatable bonds is 6. The van der Waals surface area contributed by atoms with Gasteiger partial charge in [-0.15, -0.1) is 0 Å². The van der Waals surface area contributed by atoms with Crippen LogP contribution in [0.1, 0.15) is 30.9 Å². The van der Waals surface area contributed by atoms with Crippen molar-refractivity contribution in [2.24, 2.45) is 15.9 Å². The van der Waals surface area contributed by atoms with Crippen LogP contribution >= 0.6 is 11.6 Å². The van der Waals surface area contributed by atoms with E-state index in [-0.39, 0.29) is 24.8 Å². The molecule has 7 nitrogen and oxygen atoms in total. The molecule has 2 heterocycles. The summed E-state index contributed by atoms with van der Waals surface area (Å²) in [6.45, 7) is 4.15. The second-order valence-corrected chi connectivity index (χ2v) is 8.06. The Balaban J connectivity index is 1.67. The summed E-state index contributed by atoms with van der Waals surface area (Å²) in [5.74, 6) is 5.52.